The molecule has 0 spiro atoms. The number of hydrogen-bond acceptors (Lipinski definition) is 1. The summed E-state index contributed by atoms with van der Waals surface area (Å²) >= 11 is 0. The van der Waals surface area contributed by atoms with E-state index in [1.165, 1.54) is 60.5 Å². The van der Waals surface area contributed by atoms with E-state index < -0.39 is 8.07 Å². The predicted molar refractivity (Wildman–Crippen MR) is 196 cm³/mol. The maximum Gasteiger partial charge on any atom is 0.145 e. The molecular formula is C43H30N2Si. The highest BCUT2D eigenvalue weighted by atomic mass is 28.3. The number of benzene rings is 7. The molecule has 2 heterocycles. The molecule has 10 rings (SSSR count). The minimum atomic E-state index is -1.97. The Bertz CT molecular complexity index is 2540. The summed E-state index contributed by atoms with van der Waals surface area (Å²) in [7, 11) is -1.97. The van der Waals surface area contributed by atoms with E-state index in [1.54, 1.807) is 5.19 Å². The van der Waals surface area contributed by atoms with Crippen LogP contribution in [0.3, 0.4) is 0 Å². The Morgan fingerprint density at radius 1 is 0.500 bits per heavy atom. The van der Waals surface area contributed by atoms with Crippen LogP contribution in [0.4, 0.5) is 0 Å². The standard InChI is InChI=1S/C43H30N2Si/c1-46(2)40-25-29(23-24-33(40)37-26-36-32-14-7-6-13-31(32)34-15-10-16-35(41(34)36)42(37)46)27-19-21-28(22-20-27)43-44-38-17-8-9-18-39(38)45(43)30-11-4-3-5-12-30/h3-26H,1-2H3. The zero-order chi connectivity index (χ0) is 30.6. The van der Waals surface area contributed by atoms with Gasteiger partial charge in [0.15, 0.2) is 0 Å². The highest BCUT2D eigenvalue weighted by Gasteiger charge is 2.40. The summed E-state index contributed by atoms with van der Waals surface area (Å²) in [6, 6.07) is 53.4. The second-order valence-corrected chi connectivity index (χ2v) is 17.5. The van der Waals surface area contributed by atoms with Crippen LogP contribution < -0.4 is 10.4 Å². The molecule has 0 unspecified atom stereocenters. The molecule has 2 aliphatic rings. The molecule has 216 valence electrons. The van der Waals surface area contributed by atoms with Crippen LogP contribution in [-0.2, 0) is 0 Å². The minimum absolute atomic E-state index is 0.960. The van der Waals surface area contributed by atoms with Gasteiger partial charge in [0.1, 0.15) is 13.9 Å². The van der Waals surface area contributed by atoms with Crippen LogP contribution in [0.25, 0.3) is 83.4 Å². The van der Waals surface area contributed by atoms with Gasteiger partial charge in [-0.05, 0) is 96.0 Å². The number of imidazole rings is 1. The molecule has 3 heteroatoms. The Labute approximate surface area is 269 Å². The first-order chi connectivity index (χ1) is 22.6. The van der Waals surface area contributed by atoms with Crippen LogP contribution >= 0.6 is 0 Å². The number of aromatic nitrogens is 2. The SMILES string of the molecule is C[Si]1(C)c2cc(-c3ccc(-c4nc5ccccc5n4-c4ccccc4)cc3)ccc2-c2cc3c4c(cccc4c21)-c1ccccc1-3. The van der Waals surface area contributed by atoms with Crippen molar-refractivity contribution in [1.29, 1.82) is 0 Å². The van der Waals surface area contributed by atoms with Gasteiger partial charge in [0.05, 0.1) is 11.0 Å². The summed E-state index contributed by atoms with van der Waals surface area (Å²) in [5.41, 5.74) is 15.2. The molecule has 0 bridgehead atoms. The van der Waals surface area contributed by atoms with Crippen molar-refractivity contribution in [3.63, 3.8) is 0 Å². The molecule has 0 N–H and O–H groups in total. The Morgan fingerprint density at radius 2 is 1.17 bits per heavy atom. The van der Waals surface area contributed by atoms with Gasteiger partial charge >= 0.3 is 0 Å². The maximum absolute atomic E-state index is 5.08. The fourth-order valence-corrected chi connectivity index (χ4v) is 11.7. The first-order valence-corrected chi connectivity index (χ1v) is 19.1. The molecule has 1 aromatic heterocycles. The van der Waals surface area contributed by atoms with Crippen molar-refractivity contribution < 1.29 is 0 Å². The van der Waals surface area contributed by atoms with Crippen molar-refractivity contribution in [3.8, 4) is 61.6 Å². The highest BCUT2D eigenvalue weighted by Crippen LogP contribution is 2.49. The second-order valence-electron chi connectivity index (χ2n) is 13.2. The van der Waals surface area contributed by atoms with Crippen molar-refractivity contribution in [2.24, 2.45) is 0 Å². The first kappa shape index (κ1) is 25.8. The molecule has 0 fully saturated rings. The number of hydrogen-bond donors (Lipinski definition) is 0. The van der Waals surface area contributed by atoms with Gasteiger partial charge in [0.25, 0.3) is 0 Å². The van der Waals surface area contributed by atoms with Gasteiger partial charge in [0.2, 0.25) is 0 Å². The summed E-state index contributed by atoms with van der Waals surface area (Å²) in [6.45, 7) is 5.07. The van der Waals surface area contributed by atoms with Crippen molar-refractivity contribution in [3.05, 3.63) is 146 Å². The van der Waals surface area contributed by atoms with Crippen LogP contribution in [-0.4, -0.2) is 17.6 Å². The molecule has 46 heavy (non-hydrogen) atoms. The Kier molecular flexibility index (Phi) is 5.19. The van der Waals surface area contributed by atoms with E-state index in [1.807, 2.05) is 0 Å². The number of nitrogens with zero attached hydrogens (tertiary/aromatic N) is 2. The lowest BCUT2D eigenvalue weighted by atomic mass is 9.95. The van der Waals surface area contributed by atoms with Crippen LogP contribution in [0, 0.1) is 0 Å². The predicted octanol–water partition coefficient (Wildman–Crippen LogP) is 9.96. The zero-order valence-electron chi connectivity index (χ0n) is 25.8. The van der Waals surface area contributed by atoms with Crippen LogP contribution in [0.15, 0.2) is 146 Å². The van der Waals surface area contributed by atoms with Gasteiger partial charge in [0, 0.05) is 11.3 Å². The van der Waals surface area contributed by atoms with Crippen molar-refractivity contribution in [2.45, 2.75) is 13.1 Å². The lowest BCUT2D eigenvalue weighted by Gasteiger charge is -2.22. The fourth-order valence-electron chi connectivity index (χ4n) is 8.24. The monoisotopic (exact) mass is 602 g/mol. The van der Waals surface area contributed by atoms with Crippen LogP contribution in [0.5, 0.6) is 0 Å². The summed E-state index contributed by atoms with van der Waals surface area (Å²) in [6.07, 6.45) is 0. The molecule has 1 aliphatic carbocycles. The lowest BCUT2D eigenvalue weighted by molar-refractivity contribution is 1.10. The van der Waals surface area contributed by atoms with E-state index in [-0.39, 0.29) is 0 Å². The smallest absolute Gasteiger partial charge is 0.145 e. The van der Waals surface area contributed by atoms with Crippen LogP contribution in [0.2, 0.25) is 13.1 Å². The third-order valence-electron chi connectivity index (χ3n) is 10.3. The zero-order valence-corrected chi connectivity index (χ0v) is 26.8. The maximum atomic E-state index is 5.08. The highest BCUT2D eigenvalue weighted by molar-refractivity contribution is 7.05. The van der Waals surface area contributed by atoms with E-state index in [9.17, 15) is 0 Å². The summed E-state index contributed by atoms with van der Waals surface area (Å²) in [5.74, 6) is 0.960. The Balaban J connectivity index is 1.08. The van der Waals surface area contributed by atoms with Gasteiger partial charge in [-0.1, -0.05) is 128 Å². The molecule has 0 atom stereocenters. The second kappa shape index (κ2) is 9.26. The topological polar surface area (TPSA) is 17.8 Å². The van der Waals surface area contributed by atoms with E-state index >= 15 is 0 Å². The van der Waals surface area contributed by atoms with E-state index in [4.69, 9.17) is 4.98 Å². The van der Waals surface area contributed by atoms with Gasteiger partial charge in [-0.25, -0.2) is 4.98 Å². The van der Waals surface area contributed by atoms with Gasteiger partial charge in [-0.2, -0.15) is 0 Å². The Hall–Kier alpha value is -5.51. The van der Waals surface area contributed by atoms with Gasteiger partial charge in [-0.15, -0.1) is 0 Å². The Morgan fingerprint density at radius 3 is 2.00 bits per heavy atom. The lowest BCUT2D eigenvalue weighted by Crippen LogP contribution is -2.49. The van der Waals surface area contributed by atoms with Crippen LogP contribution in [0.1, 0.15) is 0 Å². The molecule has 0 amide bonds. The molecule has 1 aliphatic heterocycles. The largest absolute Gasteiger partial charge is 0.292 e. The van der Waals surface area contributed by atoms with Crippen molar-refractivity contribution >= 4 is 40.3 Å². The summed E-state index contributed by atoms with van der Waals surface area (Å²) < 4.78 is 2.27. The molecule has 0 saturated carbocycles. The van der Waals surface area contributed by atoms with Crippen molar-refractivity contribution in [2.75, 3.05) is 0 Å². The summed E-state index contributed by atoms with van der Waals surface area (Å²) in [5, 5.41) is 6.00. The molecule has 0 radical (unpaired) electrons. The number of para-hydroxylation sites is 3. The molecule has 2 nitrogen and oxygen atoms in total. The molecule has 7 aromatic carbocycles. The molecule has 8 aromatic rings. The molecule has 0 saturated heterocycles. The van der Waals surface area contributed by atoms with Gasteiger partial charge in [-0.3, -0.25) is 4.57 Å². The number of rotatable bonds is 3. The normalized spacial score (nSPS) is 13.6. The van der Waals surface area contributed by atoms with E-state index in [2.05, 4.69) is 163 Å². The fraction of sp³-hybridized carbons (Fsp3) is 0.0465. The third-order valence-corrected chi connectivity index (χ3v) is 13.9. The number of fused-ring (bicyclic) bond motifs is 8. The third kappa shape index (κ3) is 3.43. The molecular weight excluding hydrogens is 573 g/mol. The van der Waals surface area contributed by atoms with E-state index in [0.29, 0.717) is 0 Å². The van der Waals surface area contributed by atoms with E-state index in [0.717, 1.165) is 28.1 Å². The van der Waals surface area contributed by atoms with Crippen molar-refractivity contribution in [1.82, 2.24) is 9.55 Å². The van der Waals surface area contributed by atoms with Gasteiger partial charge < -0.3 is 0 Å². The summed E-state index contributed by atoms with van der Waals surface area (Å²) in [4.78, 5) is 5.08. The average Bonchev–Trinajstić information content (AvgIpc) is 3.72. The first-order valence-electron chi connectivity index (χ1n) is 16.1. The minimum Gasteiger partial charge on any atom is -0.292 e. The average molecular weight is 603 g/mol. The quantitative estimate of drug-likeness (QED) is 0.184.